The number of hydrogen-bond acceptors (Lipinski definition) is 6. The van der Waals surface area contributed by atoms with Gasteiger partial charge in [-0.3, -0.25) is 25.0 Å². The van der Waals surface area contributed by atoms with Crippen LogP contribution >= 0.6 is 24.4 Å². The van der Waals surface area contributed by atoms with Crippen LogP contribution in [0.15, 0.2) is 23.1 Å². The van der Waals surface area contributed by atoms with Crippen LogP contribution in [0.3, 0.4) is 0 Å². The Morgan fingerprint density at radius 3 is 2.31 bits per heavy atom. The molecular weight excluding hydrogens is 256 g/mol. The van der Waals surface area contributed by atoms with E-state index in [1.54, 1.807) is 0 Å². The summed E-state index contributed by atoms with van der Waals surface area (Å²) >= 11 is 3.99. The fourth-order valence-corrected chi connectivity index (χ4v) is 1.80. The summed E-state index contributed by atoms with van der Waals surface area (Å²) in [5.41, 5.74) is -0.885. The van der Waals surface area contributed by atoms with Crippen molar-refractivity contribution in [2.45, 2.75) is 4.90 Å². The number of non-ortho nitro benzene ring substituents is 1. The van der Waals surface area contributed by atoms with E-state index in [9.17, 15) is 25.0 Å². The number of hydrogen-bond donors (Lipinski definition) is 1. The van der Waals surface area contributed by atoms with Crippen molar-refractivity contribution >= 4 is 40.2 Å². The molecule has 0 spiro atoms. The second-order valence-electron chi connectivity index (χ2n) is 2.53. The van der Waals surface area contributed by atoms with E-state index < -0.39 is 25.7 Å². The molecule has 0 atom stereocenters. The van der Waals surface area contributed by atoms with Crippen LogP contribution in [0, 0.1) is 20.2 Å². The third-order valence-electron chi connectivity index (χ3n) is 1.55. The van der Waals surface area contributed by atoms with Gasteiger partial charge < -0.3 is 0 Å². The minimum absolute atomic E-state index is 0.0237. The number of benzene rings is 1. The first-order chi connectivity index (χ1) is 7.41. The fourth-order valence-electron chi connectivity index (χ4n) is 0.942. The normalized spacial score (nSPS) is 9.81. The molecule has 0 amide bonds. The molecule has 0 fully saturated rings. The first-order valence-corrected chi connectivity index (χ1v) is 5.02. The number of thioether (sulfide) groups is 1. The summed E-state index contributed by atoms with van der Waals surface area (Å²) in [6.07, 6.45) is 0. The zero-order valence-corrected chi connectivity index (χ0v) is 9.23. The first-order valence-electron chi connectivity index (χ1n) is 3.75. The number of nitro groups is 2. The second-order valence-corrected chi connectivity index (χ2v) is 4.26. The molecule has 0 N–H and O–H groups in total. The first kappa shape index (κ1) is 12.5. The summed E-state index contributed by atoms with van der Waals surface area (Å²) in [6.45, 7) is 0. The lowest BCUT2D eigenvalue weighted by Gasteiger charge is -1.99. The molecule has 1 rings (SSSR count). The second kappa shape index (κ2) is 4.94. The van der Waals surface area contributed by atoms with Crippen molar-refractivity contribution in [1.82, 2.24) is 0 Å². The van der Waals surface area contributed by atoms with Crippen molar-refractivity contribution in [3.8, 4) is 0 Å². The van der Waals surface area contributed by atoms with Crippen LogP contribution in [0.4, 0.5) is 16.2 Å². The van der Waals surface area contributed by atoms with Gasteiger partial charge in [-0.25, -0.2) is 0 Å². The number of nitrogens with zero attached hydrogens (tertiary/aromatic N) is 2. The van der Waals surface area contributed by atoms with Gasteiger partial charge in [0.15, 0.2) is 0 Å². The molecule has 1 aromatic carbocycles. The monoisotopic (exact) mass is 260 g/mol. The van der Waals surface area contributed by atoms with Gasteiger partial charge in [-0.1, -0.05) is 12.6 Å². The molecule has 0 radical (unpaired) electrons. The van der Waals surface area contributed by atoms with Crippen LogP contribution in [0.1, 0.15) is 0 Å². The smallest absolute Gasteiger partial charge is 0.274 e. The molecular formula is C7H4N2O5S2. The quantitative estimate of drug-likeness (QED) is 0.388. The van der Waals surface area contributed by atoms with Gasteiger partial charge in [0.2, 0.25) is 4.45 Å². The van der Waals surface area contributed by atoms with Gasteiger partial charge >= 0.3 is 0 Å². The van der Waals surface area contributed by atoms with Crippen LogP contribution in [-0.2, 0) is 0 Å². The van der Waals surface area contributed by atoms with Gasteiger partial charge in [0.25, 0.3) is 11.4 Å². The Kier molecular flexibility index (Phi) is 3.85. The Hall–Kier alpha value is -1.61. The molecule has 0 aliphatic heterocycles. The maximum Gasteiger partial charge on any atom is 0.290 e. The van der Waals surface area contributed by atoms with Crippen molar-refractivity contribution < 1.29 is 14.6 Å². The highest BCUT2D eigenvalue weighted by Crippen LogP contribution is 2.33. The summed E-state index contributed by atoms with van der Waals surface area (Å²) < 4.78 is -0.628. The summed E-state index contributed by atoms with van der Waals surface area (Å²) in [7, 11) is 0. The Labute approximate surface area is 98.5 Å². The van der Waals surface area contributed by atoms with E-state index in [0.29, 0.717) is 11.8 Å². The maximum atomic E-state index is 10.7. The summed E-state index contributed by atoms with van der Waals surface area (Å²) in [4.78, 5) is 30.2. The molecule has 0 aliphatic rings. The van der Waals surface area contributed by atoms with E-state index in [2.05, 4.69) is 12.6 Å². The predicted octanol–water partition coefficient (Wildman–Crippen LogP) is 2.64. The van der Waals surface area contributed by atoms with Gasteiger partial charge in [0, 0.05) is 6.07 Å². The Balaban J connectivity index is 3.24. The van der Waals surface area contributed by atoms with Crippen molar-refractivity contribution in [1.29, 1.82) is 0 Å². The van der Waals surface area contributed by atoms with Crippen molar-refractivity contribution in [2.24, 2.45) is 0 Å². The van der Waals surface area contributed by atoms with E-state index in [-0.39, 0.29) is 4.90 Å². The topological polar surface area (TPSA) is 103 Å². The van der Waals surface area contributed by atoms with Crippen LogP contribution in [0.5, 0.6) is 0 Å². The molecule has 9 heteroatoms. The van der Waals surface area contributed by atoms with Crippen LogP contribution in [-0.4, -0.2) is 14.3 Å². The lowest BCUT2D eigenvalue weighted by molar-refractivity contribution is -0.396. The van der Waals surface area contributed by atoms with Crippen LogP contribution in [0.2, 0.25) is 0 Å². The third kappa shape index (κ3) is 2.94. The molecule has 1 aromatic rings. The van der Waals surface area contributed by atoms with E-state index in [1.807, 2.05) is 0 Å². The zero-order chi connectivity index (χ0) is 12.3. The van der Waals surface area contributed by atoms with Gasteiger partial charge in [-0.15, -0.1) is 0 Å². The van der Waals surface area contributed by atoms with Crippen LogP contribution in [0.25, 0.3) is 0 Å². The Morgan fingerprint density at radius 1 is 1.25 bits per heavy atom. The summed E-state index contributed by atoms with van der Waals surface area (Å²) in [5, 5.41) is 21.0. The number of carbonyl (C=O) groups excluding carboxylic acids is 1. The highest BCUT2D eigenvalue weighted by atomic mass is 32.2. The van der Waals surface area contributed by atoms with E-state index in [4.69, 9.17) is 0 Å². The number of nitro benzene ring substituents is 2. The minimum Gasteiger partial charge on any atom is -0.274 e. The predicted molar refractivity (Wildman–Crippen MR) is 60.0 cm³/mol. The van der Waals surface area contributed by atoms with E-state index in [1.165, 1.54) is 0 Å². The lowest BCUT2D eigenvalue weighted by atomic mass is 10.3. The highest BCUT2D eigenvalue weighted by Gasteiger charge is 2.20. The fraction of sp³-hybridized carbons (Fsp3) is 0. The van der Waals surface area contributed by atoms with Gasteiger partial charge in [-0.2, -0.15) is 0 Å². The molecule has 84 valence electrons. The van der Waals surface area contributed by atoms with E-state index in [0.717, 1.165) is 18.2 Å². The average molecular weight is 260 g/mol. The molecule has 0 unspecified atom stereocenters. The van der Waals surface area contributed by atoms with E-state index >= 15 is 0 Å². The van der Waals surface area contributed by atoms with Crippen molar-refractivity contribution in [3.63, 3.8) is 0 Å². The molecule has 7 nitrogen and oxygen atoms in total. The SMILES string of the molecule is O=C(S)Sc1ccc([N+](=O)[O-])cc1[N+](=O)[O-]. The third-order valence-corrected chi connectivity index (χ3v) is 2.56. The highest BCUT2D eigenvalue weighted by molar-refractivity contribution is 8.32. The van der Waals surface area contributed by atoms with Crippen LogP contribution < -0.4 is 0 Å². The molecule has 0 heterocycles. The van der Waals surface area contributed by atoms with Gasteiger partial charge in [0.1, 0.15) is 0 Å². The van der Waals surface area contributed by atoms with Crippen molar-refractivity contribution in [3.05, 3.63) is 38.4 Å². The Morgan fingerprint density at radius 2 is 1.88 bits per heavy atom. The summed E-state index contributed by atoms with van der Waals surface area (Å²) in [6, 6.07) is 3.04. The largest absolute Gasteiger partial charge is 0.290 e. The maximum absolute atomic E-state index is 10.7. The zero-order valence-electron chi connectivity index (χ0n) is 7.52. The average Bonchev–Trinajstić information content (AvgIpc) is 2.16. The number of thiol groups is 1. The molecule has 0 aliphatic carbocycles. The standard InChI is InChI=1S/C7H4N2O5S2/c10-7(15)16-6-2-1-4(8(11)12)3-5(6)9(13)14/h1-3H,(H,10,15). The number of rotatable bonds is 3. The molecule has 0 aromatic heterocycles. The van der Waals surface area contributed by atoms with Crippen molar-refractivity contribution in [2.75, 3.05) is 0 Å². The molecule has 0 saturated carbocycles. The number of carbonyl (C=O) groups is 1. The van der Waals surface area contributed by atoms with Gasteiger partial charge in [-0.05, 0) is 17.8 Å². The summed E-state index contributed by atoms with van der Waals surface area (Å²) in [5.74, 6) is 0. The lowest BCUT2D eigenvalue weighted by Crippen LogP contribution is -1.94. The molecule has 0 bridgehead atoms. The minimum atomic E-state index is -0.786. The van der Waals surface area contributed by atoms with Gasteiger partial charge in [0.05, 0.1) is 20.8 Å². The molecule has 0 saturated heterocycles. The molecule has 16 heavy (non-hydrogen) atoms. The Bertz CT molecular complexity index is 476.